The molecular weight excluding hydrogens is 176 g/mol. The monoisotopic (exact) mass is 192 g/mol. The number of hydrogen-bond acceptors (Lipinski definition) is 2. The van der Waals surface area contributed by atoms with Crippen molar-refractivity contribution >= 4 is 6.41 Å². The number of likely N-dealkylation sites (N-methyl/N-ethyl adjacent to an activating group) is 1. The Bertz CT molecular complexity index is 294. The van der Waals surface area contributed by atoms with E-state index in [-0.39, 0.29) is 0 Å². The summed E-state index contributed by atoms with van der Waals surface area (Å²) in [6, 6.07) is 0.302. The highest BCUT2D eigenvalue weighted by molar-refractivity contribution is 5.50. The summed E-state index contributed by atoms with van der Waals surface area (Å²) < 4.78 is 0. The van der Waals surface area contributed by atoms with Crippen molar-refractivity contribution in [3.8, 4) is 0 Å². The van der Waals surface area contributed by atoms with Crippen molar-refractivity contribution in [2.75, 3.05) is 20.6 Å². The van der Waals surface area contributed by atoms with Crippen LogP contribution in [0.2, 0.25) is 0 Å². The molecule has 1 saturated heterocycles. The van der Waals surface area contributed by atoms with Crippen LogP contribution in [-0.4, -0.2) is 42.9 Å². The first-order valence-electron chi connectivity index (χ1n) is 5.01. The van der Waals surface area contributed by atoms with Crippen molar-refractivity contribution in [2.45, 2.75) is 12.5 Å². The van der Waals surface area contributed by atoms with Crippen molar-refractivity contribution in [3.05, 3.63) is 23.9 Å². The second kappa shape index (κ2) is 3.48. The molecule has 0 bridgehead atoms. The quantitative estimate of drug-likeness (QED) is 0.605. The number of fused-ring (bicyclic) bond motifs is 1. The molecule has 0 radical (unpaired) electrons. The third-order valence-corrected chi connectivity index (χ3v) is 3.04. The molecular formula is C11H16N2O. The molecule has 0 aromatic carbocycles. The number of hydrogen-bond donors (Lipinski definition) is 0. The van der Waals surface area contributed by atoms with Gasteiger partial charge in [0.2, 0.25) is 6.41 Å². The van der Waals surface area contributed by atoms with E-state index < -0.39 is 0 Å². The Morgan fingerprint density at radius 2 is 2.36 bits per heavy atom. The Morgan fingerprint density at radius 1 is 1.57 bits per heavy atom. The predicted molar refractivity (Wildman–Crippen MR) is 55.6 cm³/mol. The lowest BCUT2D eigenvalue weighted by Gasteiger charge is -2.26. The summed E-state index contributed by atoms with van der Waals surface area (Å²) in [5.74, 6) is 0.516. The molecule has 0 aromatic heterocycles. The lowest BCUT2D eigenvalue weighted by molar-refractivity contribution is -0.118. The second-order valence-corrected chi connectivity index (χ2v) is 4.13. The smallest absolute Gasteiger partial charge is 0.210 e. The number of likely N-dealkylation sites (tertiary alicyclic amines) is 1. The zero-order chi connectivity index (χ0) is 10.1. The van der Waals surface area contributed by atoms with E-state index in [1.807, 2.05) is 19.0 Å². The Labute approximate surface area is 84.7 Å². The number of carbonyl (C=O) groups is 1. The highest BCUT2D eigenvalue weighted by Gasteiger charge is 2.32. The lowest BCUT2D eigenvalue weighted by Crippen LogP contribution is -2.31. The van der Waals surface area contributed by atoms with Crippen LogP contribution in [0.4, 0.5) is 0 Å². The van der Waals surface area contributed by atoms with E-state index in [4.69, 9.17) is 0 Å². The minimum absolute atomic E-state index is 0.302. The molecule has 3 heteroatoms. The SMILES string of the molecule is CN(C)C1=CC2CCN(C=O)C2C=C1. The molecule has 0 spiro atoms. The molecule has 1 fully saturated rings. The number of rotatable bonds is 2. The summed E-state index contributed by atoms with van der Waals surface area (Å²) in [5.41, 5.74) is 1.25. The van der Waals surface area contributed by atoms with Gasteiger partial charge in [-0.2, -0.15) is 0 Å². The van der Waals surface area contributed by atoms with Crippen LogP contribution in [0.3, 0.4) is 0 Å². The van der Waals surface area contributed by atoms with Gasteiger partial charge >= 0.3 is 0 Å². The molecule has 3 nitrogen and oxygen atoms in total. The van der Waals surface area contributed by atoms with Gasteiger partial charge in [0.15, 0.2) is 0 Å². The Balaban J connectivity index is 2.16. The fraction of sp³-hybridized carbons (Fsp3) is 0.545. The first kappa shape index (κ1) is 9.31. The topological polar surface area (TPSA) is 23.6 Å². The maximum Gasteiger partial charge on any atom is 0.210 e. The molecule has 0 aromatic rings. The molecule has 2 unspecified atom stereocenters. The highest BCUT2D eigenvalue weighted by Crippen LogP contribution is 2.30. The molecule has 14 heavy (non-hydrogen) atoms. The highest BCUT2D eigenvalue weighted by atomic mass is 16.1. The summed E-state index contributed by atoms with van der Waals surface area (Å²) in [5, 5.41) is 0. The van der Waals surface area contributed by atoms with Crippen LogP contribution >= 0.6 is 0 Å². The van der Waals surface area contributed by atoms with Gasteiger partial charge in [-0.15, -0.1) is 0 Å². The fourth-order valence-electron chi connectivity index (χ4n) is 2.19. The Hall–Kier alpha value is -1.25. The van der Waals surface area contributed by atoms with Crippen molar-refractivity contribution < 1.29 is 4.79 Å². The average Bonchev–Trinajstić information content (AvgIpc) is 2.59. The van der Waals surface area contributed by atoms with E-state index in [9.17, 15) is 4.79 Å². The maximum absolute atomic E-state index is 10.7. The van der Waals surface area contributed by atoms with Gasteiger partial charge in [-0.3, -0.25) is 4.79 Å². The van der Waals surface area contributed by atoms with Gasteiger partial charge in [0.25, 0.3) is 0 Å². The van der Waals surface area contributed by atoms with Crippen LogP contribution in [0, 0.1) is 5.92 Å². The molecule has 76 valence electrons. The van der Waals surface area contributed by atoms with Gasteiger partial charge in [-0.25, -0.2) is 0 Å². The zero-order valence-corrected chi connectivity index (χ0v) is 8.68. The van der Waals surface area contributed by atoms with Crippen LogP contribution in [0.15, 0.2) is 23.9 Å². The van der Waals surface area contributed by atoms with E-state index >= 15 is 0 Å². The van der Waals surface area contributed by atoms with E-state index in [0.29, 0.717) is 12.0 Å². The normalized spacial score (nSPS) is 29.9. The molecule has 2 aliphatic rings. The summed E-state index contributed by atoms with van der Waals surface area (Å²) in [6.07, 6.45) is 8.56. The average molecular weight is 192 g/mol. The molecule has 0 saturated carbocycles. The number of amides is 1. The van der Waals surface area contributed by atoms with Gasteiger partial charge < -0.3 is 9.80 Å². The van der Waals surface area contributed by atoms with Crippen molar-refractivity contribution in [2.24, 2.45) is 5.92 Å². The van der Waals surface area contributed by atoms with Crippen LogP contribution in [-0.2, 0) is 4.79 Å². The third-order valence-electron chi connectivity index (χ3n) is 3.04. The van der Waals surface area contributed by atoms with Gasteiger partial charge in [0.1, 0.15) is 0 Å². The van der Waals surface area contributed by atoms with Gasteiger partial charge in [0, 0.05) is 32.3 Å². The van der Waals surface area contributed by atoms with Crippen LogP contribution in [0.5, 0.6) is 0 Å². The van der Waals surface area contributed by atoms with Crippen LogP contribution in [0.25, 0.3) is 0 Å². The molecule has 1 aliphatic carbocycles. The minimum Gasteiger partial charge on any atom is -0.378 e. The summed E-state index contributed by atoms with van der Waals surface area (Å²) in [6.45, 7) is 0.889. The number of carbonyl (C=O) groups excluding carboxylic acids is 1. The second-order valence-electron chi connectivity index (χ2n) is 4.13. The summed E-state index contributed by atoms with van der Waals surface area (Å²) in [7, 11) is 4.09. The maximum atomic E-state index is 10.7. The third kappa shape index (κ3) is 1.43. The van der Waals surface area contributed by atoms with Crippen molar-refractivity contribution in [3.63, 3.8) is 0 Å². The van der Waals surface area contributed by atoms with Gasteiger partial charge in [-0.05, 0) is 12.5 Å². The first-order chi connectivity index (χ1) is 6.72. The lowest BCUT2D eigenvalue weighted by atomic mass is 9.94. The predicted octanol–water partition coefficient (Wildman–Crippen LogP) is 0.849. The molecule has 1 aliphatic heterocycles. The largest absolute Gasteiger partial charge is 0.378 e. The first-order valence-corrected chi connectivity index (χ1v) is 5.01. The fourth-order valence-corrected chi connectivity index (χ4v) is 2.19. The molecule has 0 N–H and O–H groups in total. The zero-order valence-electron chi connectivity index (χ0n) is 8.68. The molecule has 1 amide bonds. The summed E-state index contributed by atoms with van der Waals surface area (Å²) in [4.78, 5) is 14.7. The molecule has 2 atom stereocenters. The standard InChI is InChI=1S/C11H16N2O/c1-12(2)10-3-4-11-9(7-10)5-6-13(11)8-14/h3-4,7-9,11H,5-6H2,1-2H3. The van der Waals surface area contributed by atoms with Crippen molar-refractivity contribution in [1.29, 1.82) is 0 Å². The van der Waals surface area contributed by atoms with Crippen LogP contribution < -0.4 is 0 Å². The van der Waals surface area contributed by atoms with E-state index in [0.717, 1.165) is 19.4 Å². The molecule has 2 rings (SSSR count). The van der Waals surface area contributed by atoms with Gasteiger partial charge in [-0.1, -0.05) is 12.2 Å². The van der Waals surface area contributed by atoms with Crippen molar-refractivity contribution in [1.82, 2.24) is 9.80 Å². The van der Waals surface area contributed by atoms with Crippen LogP contribution in [0.1, 0.15) is 6.42 Å². The van der Waals surface area contributed by atoms with E-state index in [1.165, 1.54) is 5.70 Å². The summed E-state index contributed by atoms with van der Waals surface area (Å²) >= 11 is 0. The van der Waals surface area contributed by atoms with Gasteiger partial charge in [0.05, 0.1) is 6.04 Å². The minimum atomic E-state index is 0.302. The van der Waals surface area contributed by atoms with E-state index in [1.54, 1.807) is 0 Å². The Kier molecular flexibility index (Phi) is 2.32. The number of allylic oxidation sites excluding steroid dienone is 1. The Morgan fingerprint density at radius 3 is 3.00 bits per heavy atom. The number of nitrogens with zero attached hydrogens (tertiary/aromatic N) is 2. The molecule has 1 heterocycles. The van der Waals surface area contributed by atoms with E-state index in [2.05, 4.69) is 23.1 Å².